The number of tetrazole rings is 1. The molecule has 0 bridgehead atoms. The van der Waals surface area contributed by atoms with Gasteiger partial charge in [0.05, 0.1) is 25.3 Å². The van der Waals surface area contributed by atoms with Crippen molar-refractivity contribution in [3.63, 3.8) is 0 Å². The van der Waals surface area contributed by atoms with E-state index in [1.165, 1.54) is 10.7 Å². The molecule has 1 aromatic carbocycles. The highest BCUT2D eigenvalue weighted by atomic mass is 19.2. The number of nitrogens with one attached hydrogen (secondary N) is 1. The van der Waals surface area contributed by atoms with E-state index >= 15 is 0 Å². The number of halogens is 2. The van der Waals surface area contributed by atoms with Gasteiger partial charge in [0.25, 0.3) is 0 Å². The number of aromatic nitrogens is 4. The number of rotatable bonds is 7. The molecule has 0 unspecified atom stereocenters. The van der Waals surface area contributed by atoms with Gasteiger partial charge in [-0.05, 0) is 29.5 Å². The molecule has 3 rings (SSSR count). The molecule has 2 aromatic rings. The van der Waals surface area contributed by atoms with Gasteiger partial charge in [0.2, 0.25) is 0 Å². The Morgan fingerprint density at radius 3 is 2.63 bits per heavy atom. The summed E-state index contributed by atoms with van der Waals surface area (Å²) in [5, 5.41) is 14.2. The van der Waals surface area contributed by atoms with Gasteiger partial charge in [-0.15, -0.1) is 5.10 Å². The van der Waals surface area contributed by atoms with Gasteiger partial charge in [0.1, 0.15) is 0 Å². The van der Waals surface area contributed by atoms with E-state index in [9.17, 15) is 18.4 Å². The molecule has 0 spiro atoms. The Labute approximate surface area is 171 Å². The van der Waals surface area contributed by atoms with E-state index in [-0.39, 0.29) is 25.0 Å². The van der Waals surface area contributed by atoms with Crippen molar-refractivity contribution in [1.82, 2.24) is 35.3 Å². The van der Waals surface area contributed by atoms with Crippen LogP contribution in [0.1, 0.15) is 19.2 Å². The fourth-order valence-corrected chi connectivity index (χ4v) is 3.05. The van der Waals surface area contributed by atoms with Crippen molar-refractivity contribution in [2.24, 2.45) is 0 Å². The second-order valence-electron chi connectivity index (χ2n) is 6.66. The topological polar surface area (TPSA) is 105 Å². The van der Waals surface area contributed by atoms with Gasteiger partial charge in [-0.1, -0.05) is 0 Å². The predicted molar refractivity (Wildman–Crippen MR) is 101 cm³/mol. The van der Waals surface area contributed by atoms with Gasteiger partial charge in [-0.3, -0.25) is 9.69 Å². The molecule has 0 saturated carbocycles. The van der Waals surface area contributed by atoms with Gasteiger partial charge >= 0.3 is 12.0 Å². The van der Waals surface area contributed by atoms with Crippen molar-refractivity contribution >= 4 is 12.0 Å². The molecule has 1 saturated heterocycles. The lowest BCUT2D eigenvalue weighted by Gasteiger charge is -2.34. The molecule has 30 heavy (non-hydrogen) atoms. The minimum absolute atomic E-state index is 0.131. The van der Waals surface area contributed by atoms with E-state index in [2.05, 4.69) is 25.7 Å². The fourth-order valence-electron chi connectivity index (χ4n) is 3.05. The van der Waals surface area contributed by atoms with Crippen LogP contribution in [0.3, 0.4) is 0 Å². The lowest BCUT2D eigenvalue weighted by molar-refractivity contribution is -0.142. The predicted octanol–water partition coefficient (Wildman–Crippen LogP) is 0.721. The molecule has 1 aliphatic heterocycles. The molecule has 162 valence electrons. The first-order valence-corrected chi connectivity index (χ1v) is 9.61. The minimum Gasteiger partial charge on any atom is -0.466 e. The molecule has 1 aliphatic rings. The van der Waals surface area contributed by atoms with Crippen LogP contribution >= 0.6 is 0 Å². The summed E-state index contributed by atoms with van der Waals surface area (Å²) < 4.78 is 32.9. The van der Waals surface area contributed by atoms with Crippen molar-refractivity contribution in [1.29, 1.82) is 0 Å². The van der Waals surface area contributed by atoms with Crippen LogP contribution in [-0.4, -0.2) is 81.3 Å². The number of benzene rings is 1. The Morgan fingerprint density at radius 2 is 1.93 bits per heavy atom. The molecule has 1 fully saturated rings. The van der Waals surface area contributed by atoms with Crippen LogP contribution in [0.5, 0.6) is 0 Å². The van der Waals surface area contributed by atoms with Crippen LogP contribution < -0.4 is 5.32 Å². The number of nitrogens with zero attached hydrogens (tertiary/aromatic N) is 6. The third-order valence-electron chi connectivity index (χ3n) is 4.62. The first-order valence-electron chi connectivity index (χ1n) is 9.61. The zero-order valence-corrected chi connectivity index (χ0v) is 16.6. The lowest BCUT2D eigenvalue weighted by Crippen LogP contribution is -2.51. The van der Waals surface area contributed by atoms with E-state index in [4.69, 9.17) is 4.74 Å². The standard InChI is InChI=1S/C18H23F2N7O3/c1-2-30-17(28)5-6-21-18(29)26-9-7-25(8-10-26)12-16-22-23-24-27(16)13-3-4-14(19)15(20)11-13/h3-4,11H,2,5-10,12H2,1H3,(H,21,29). The Kier molecular flexibility index (Phi) is 7.22. The fraction of sp³-hybridized carbons (Fsp3) is 0.500. The van der Waals surface area contributed by atoms with Crippen molar-refractivity contribution in [3.05, 3.63) is 35.7 Å². The summed E-state index contributed by atoms with van der Waals surface area (Å²) in [4.78, 5) is 27.2. The minimum atomic E-state index is -0.975. The SMILES string of the molecule is CCOC(=O)CCNC(=O)N1CCN(Cc2nnnn2-c2ccc(F)c(F)c2)CC1. The molecule has 1 N–H and O–H groups in total. The molecule has 0 radical (unpaired) electrons. The summed E-state index contributed by atoms with van der Waals surface area (Å²) in [6, 6.07) is 3.23. The maximum Gasteiger partial charge on any atom is 0.317 e. The average molecular weight is 423 g/mol. The summed E-state index contributed by atoms with van der Waals surface area (Å²) in [7, 11) is 0. The Morgan fingerprint density at radius 1 is 1.17 bits per heavy atom. The van der Waals surface area contributed by atoms with Crippen LogP contribution in [-0.2, 0) is 16.1 Å². The molecule has 10 nitrogen and oxygen atoms in total. The van der Waals surface area contributed by atoms with Gasteiger partial charge in [0, 0.05) is 38.8 Å². The number of carbonyl (C=O) groups is 2. The molecular formula is C18H23F2N7O3. The number of carbonyl (C=O) groups excluding carboxylic acids is 2. The van der Waals surface area contributed by atoms with Crippen molar-refractivity contribution in [2.75, 3.05) is 39.3 Å². The number of piperazine rings is 1. The number of amides is 2. The van der Waals surface area contributed by atoms with Crippen LogP contribution in [0.15, 0.2) is 18.2 Å². The van der Waals surface area contributed by atoms with E-state index in [1.54, 1.807) is 11.8 Å². The molecule has 0 aliphatic carbocycles. The maximum absolute atomic E-state index is 13.5. The van der Waals surface area contributed by atoms with Crippen LogP contribution in [0.4, 0.5) is 13.6 Å². The molecule has 1 aromatic heterocycles. The lowest BCUT2D eigenvalue weighted by atomic mass is 10.3. The largest absolute Gasteiger partial charge is 0.466 e. The van der Waals surface area contributed by atoms with Crippen LogP contribution in [0.2, 0.25) is 0 Å². The Hall–Kier alpha value is -3.15. The molecule has 12 heteroatoms. The van der Waals surface area contributed by atoms with Crippen molar-refractivity contribution in [3.8, 4) is 5.69 Å². The van der Waals surface area contributed by atoms with Crippen molar-refractivity contribution < 1.29 is 23.1 Å². The molecular weight excluding hydrogens is 400 g/mol. The Bertz CT molecular complexity index is 884. The number of ether oxygens (including phenoxy) is 1. The number of esters is 1. The number of hydrogen-bond acceptors (Lipinski definition) is 7. The zero-order valence-electron chi connectivity index (χ0n) is 16.6. The maximum atomic E-state index is 13.5. The number of urea groups is 1. The number of hydrogen-bond donors (Lipinski definition) is 1. The zero-order chi connectivity index (χ0) is 21.5. The monoisotopic (exact) mass is 423 g/mol. The first kappa shape index (κ1) is 21.6. The first-order chi connectivity index (χ1) is 14.5. The van der Waals surface area contributed by atoms with E-state index in [1.807, 2.05) is 0 Å². The third-order valence-corrected chi connectivity index (χ3v) is 4.62. The van der Waals surface area contributed by atoms with E-state index in [0.29, 0.717) is 50.8 Å². The van der Waals surface area contributed by atoms with Crippen molar-refractivity contribution in [2.45, 2.75) is 19.9 Å². The summed E-state index contributed by atoms with van der Waals surface area (Å²) in [5.74, 6) is -1.78. The van der Waals surface area contributed by atoms with Gasteiger partial charge < -0.3 is 15.0 Å². The molecule has 2 heterocycles. The summed E-state index contributed by atoms with van der Waals surface area (Å²) in [6.07, 6.45) is 0.131. The Balaban J connectivity index is 1.48. The van der Waals surface area contributed by atoms with Gasteiger partial charge in [-0.25, -0.2) is 13.6 Å². The van der Waals surface area contributed by atoms with E-state index < -0.39 is 11.6 Å². The second-order valence-corrected chi connectivity index (χ2v) is 6.66. The third kappa shape index (κ3) is 5.47. The highest BCUT2D eigenvalue weighted by molar-refractivity contribution is 5.75. The summed E-state index contributed by atoms with van der Waals surface area (Å²) >= 11 is 0. The van der Waals surface area contributed by atoms with Crippen LogP contribution in [0, 0.1) is 11.6 Å². The van der Waals surface area contributed by atoms with Gasteiger partial charge in [-0.2, -0.15) is 4.68 Å². The second kappa shape index (κ2) is 10.1. The highest BCUT2D eigenvalue weighted by Gasteiger charge is 2.23. The average Bonchev–Trinajstić information content (AvgIpc) is 3.19. The summed E-state index contributed by atoms with van der Waals surface area (Å²) in [6.45, 7) is 4.84. The van der Waals surface area contributed by atoms with Gasteiger partial charge in [0.15, 0.2) is 17.5 Å². The van der Waals surface area contributed by atoms with Crippen LogP contribution in [0.25, 0.3) is 5.69 Å². The molecule has 0 atom stereocenters. The summed E-state index contributed by atoms with van der Waals surface area (Å²) in [5.41, 5.74) is 0.327. The smallest absolute Gasteiger partial charge is 0.317 e. The molecule has 2 amide bonds. The normalized spacial score (nSPS) is 14.6. The van der Waals surface area contributed by atoms with E-state index in [0.717, 1.165) is 12.1 Å². The quantitative estimate of drug-likeness (QED) is 0.654. The highest BCUT2D eigenvalue weighted by Crippen LogP contribution is 2.14.